The van der Waals surface area contributed by atoms with Gasteiger partial charge < -0.3 is 0 Å². The summed E-state index contributed by atoms with van der Waals surface area (Å²) in [6.07, 6.45) is 11.4. The SMILES string of the molecule is CCC1(C2(C)C(C)=C(C)C(C)=C2C)C=Cc2cc3c(cc21)CCCC3.[Hf]. The van der Waals surface area contributed by atoms with Crippen molar-refractivity contribution >= 4 is 6.08 Å². The van der Waals surface area contributed by atoms with Crippen LogP contribution >= 0.6 is 0 Å². The molecule has 0 aromatic heterocycles. The molecule has 136 valence electrons. The maximum absolute atomic E-state index is 2.59. The zero-order chi connectivity index (χ0) is 18.0. The van der Waals surface area contributed by atoms with Gasteiger partial charge in [0.25, 0.3) is 0 Å². The van der Waals surface area contributed by atoms with Crippen LogP contribution in [0.4, 0.5) is 0 Å². The maximum atomic E-state index is 2.59. The van der Waals surface area contributed by atoms with E-state index in [2.05, 4.69) is 65.8 Å². The number of hydrogen-bond donors (Lipinski definition) is 0. The molecule has 1 heteroatoms. The van der Waals surface area contributed by atoms with Crippen molar-refractivity contribution in [2.24, 2.45) is 5.41 Å². The molecule has 1 aromatic carbocycles. The maximum Gasteiger partial charge on any atom is 0.0267 e. The van der Waals surface area contributed by atoms with Gasteiger partial charge in [-0.05, 0) is 93.2 Å². The topological polar surface area (TPSA) is 0 Å². The van der Waals surface area contributed by atoms with Crippen LogP contribution in [0.3, 0.4) is 0 Å². The first-order chi connectivity index (χ1) is 11.9. The van der Waals surface area contributed by atoms with Gasteiger partial charge >= 0.3 is 0 Å². The van der Waals surface area contributed by atoms with Crippen LogP contribution in [0.5, 0.6) is 0 Å². The van der Waals surface area contributed by atoms with Gasteiger partial charge in [-0.1, -0.05) is 49.3 Å². The zero-order valence-corrected chi connectivity index (χ0v) is 20.9. The number of rotatable bonds is 2. The summed E-state index contributed by atoms with van der Waals surface area (Å²) in [6, 6.07) is 5.09. The average molecular weight is 511 g/mol. The van der Waals surface area contributed by atoms with Crippen molar-refractivity contribution in [3.8, 4) is 0 Å². The minimum Gasteiger partial charge on any atom is -0.0721 e. The van der Waals surface area contributed by atoms with Crippen LogP contribution in [0.2, 0.25) is 0 Å². The second kappa shape index (κ2) is 6.73. The molecule has 3 aliphatic carbocycles. The molecule has 0 radical (unpaired) electrons. The molecule has 1 atom stereocenters. The summed E-state index contributed by atoms with van der Waals surface area (Å²) in [6.45, 7) is 14.3. The third-order valence-electron chi connectivity index (χ3n) is 8.18. The summed E-state index contributed by atoms with van der Waals surface area (Å²) in [4.78, 5) is 0. The van der Waals surface area contributed by atoms with Gasteiger partial charge in [0.1, 0.15) is 0 Å². The summed E-state index contributed by atoms with van der Waals surface area (Å²) >= 11 is 0. The monoisotopic (exact) mass is 512 g/mol. The van der Waals surface area contributed by atoms with Crippen molar-refractivity contribution in [2.75, 3.05) is 0 Å². The smallest absolute Gasteiger partial charge is 0.0267 e. The van der Waals surface area contributed by atoms with Crippen LogP contribution in [-0.4, -0.2) is 0 Å². The van der Waals surface area contributed by atoms with Crippen molar-refractivity contribution in [1.29, 1.82) is 0 Å². The van der Waals surface area contributed by atoms with Crippen LogP contribution in [0.1, 0.15) is 83.1 Å². The van der Waals surface area contributed by atoms with Crippen LogP contribution in [0, 0.1) is 5.41 Å². The van der Waals surface area contributed by atoms with Crippen molar-refractivity contribution in [3.63, 3.8) is 0 Å². The molecule has 0 amide bonds. The van der Waals surface area contributed by atoms with Gasteiger partial charge in [0.05, 0.1) is 0 Å². The van der Waals surface area contributed by atoms with Crippen LogP contribution in [0.15, 0.2) is 40.5 Å². The zero-order valence-electron chi connectivity index (χ0n) is 17.3. The molecule has 0 nitrogen and oxygen atoms in total. The molecule has 0 saturated heterocycles. The molecule has 4 rings (SSSR count). The van der Waals surface area contributed by atoms with Gasteiger partial charge in [-0.2, -0.15) is 0 Å². The standard InChI is InChI=1S/C25H32.Hf/c1-7-25(24(6)18(4)16(2)17(3)19(24)5)13-12-22-14-20-10-8-9-11-21(20)15-23(22)25;/h12-15H,7-11H2,1-6H3;. The van der Waals surface area contributed by atoms with Crippen molar-refractivity contribution in [2.45, 2.75) is 79.1 Å². The fourth-order valence-electron chi connectivity index (χ4n) is 6.01. The van der Waals surface area contributed by atoms with E-state index in [0.29, 0.717) is 0 Å². The Kier molecular flexibility index (Phi) is 5.19. The van der Waals surface area contributed by atoms with Crippen molar-refractivity contribution < 1.29 is 25.8 Å². The van der Waals surface area contributed by atoms with E-state index in [4.69, 9.17) is 0 Å². The molecule has 0 bridgehead atoms. The summed E-state index contributed by atoms with van der Waals surface area (Å²) in [5, 5.41) is 0. The Hall–Kier alpha value is -0.690. The minimum absolute atomic E-state index is 0. The first-order valence-corrected chi connectivity index (χ1v) is 10.1. The van der Waals surface area contributed by atoms with Gasteiger partial charge in [0.15, 0.2) is 0 Å². The molecular formula is C25H32Hf. The van der Waals surface area contributed by atoms with E-state index >= 15 is 0 Å². The van der Waals surface area contributed by atoms with E-state index in [1.54, 1.807) is 27.8 Å². The number of allylic oxidation sites excluding steroid dienone is 5. The number of benzene rings is 1. The average Bonchev–Trinajstić information content (AvgIpc) is 3.07. The molecule has 1 aromatic rings. The second-order valence-corrected chi connectivity index (χ2v) is 8.70. The van der Waals surface area contributed by atoms with Gasteiger partial charge in [-0.3, -0.25) is 0 Å². The summed E-state index contributed by atoms with van der Waals surface area (Å²) < 4.78 is 0. The Morgan fingerprint density at radius 3 is 1.96 bits per heavy atom. The van der Waals surface area contributed by atoms with Gasteiger partial charge in [-0.25, -0.2) is 0 Å². The third-order valence-corrected chi connectivity index (χ3v) is 8.18. The number of fused-ring (bicyclic) bond motifs is 2. The van der Waals surface area contributed by atoms with Crippen LogP contribution in [0.25, 0.3) is 6.08 Å². The van der Waals surface area contributed by atoms with E-state index < -0.39 is 0 Å². The van der Waals surface area contributed by atoms with E-state index in [-0.39, 0.29) is 36.7 Å². The minimum atomic E-state index is 0. The fraction of sp³-hybridized carbons (Fsp3) is 0.520. The van der Waals surface area contributed by atoms with Crippen LogP contribution in [-0.2, 0) is 44.1 Å². The second-order valence-electron chi connectivity index (χ2n) is 8.70. The van der Waals surface area contributed by atoms with Crippen molar-refractivity contribution in [3.05, 3.63) is 62.8 Å². The predicted octanol–water partition coefficient (Wildman–Crippen LogP) is 6.93. The Labute approximate surface area is 178 Å². The summed E-state index contributed by atoms with van der Waals surface area (Å²) in [5.41, 5.74) is 12.6. The van der Waals surface area contributed by atoms with Gasteiger partial charge in [0.2, 0.25) is 0 Å². The quantitative estimate of drug-likeness (QED) is 0.378. The Bertz CT molecular complexity index is 825. The largest absolute Gasteiger partial charge is 0.0721 e. The van der Waals surface area contributed by atoms with E-state index in [1.165, 1.54) is 42.4 Å². The first kappa shape index (κ1) is 20.1. The Balaban J connectivity index is 0.00000196. The molecular weight excluding hydrogens is 479 g/mol. The fourth-order valence-corrected chi connectivity index (χ4v) is 6.01. The normalized spacial score (nSPS) is 26.1. The molecule has 0 heterocycles. The van der Waals surface area contributed by atoms with Crippen LogP contribution < -0.4 is 0 Å². The molecule has 0 fully saturated rings. The molecule has 0 N–H and O–H groups in total. The molecule has 0 aliphatic heterocycles. The van der Waals surface area contributed by atoms with E-state index in [9.17, 15) is 0 Å². The first-order valence-electron chi connectivity index (χ1n) is 10.1. The Morgan fingerprint density at radius 1 is 0.885 bits per heavy atom. The summed E-state index contributed by atoms with van der Waals surface area (Å²) in [7, 11) is 0. The Morgan fingerprint density at radius 2 is 1.42 bits per heavy atom. The van der Waals surface area contributed by atoms with Gasteiger partial charge in [-0.15, -0.1) is 0 Å². The third kappa shape index (κ3) is 2.35. The van der Waals surface area contributed by atoms with Crippen molar-refractivity contribution in [1.82, 2.24) is 0 Å². The molecule has 26 heavy (non-hydrogen) atoms. The molecule has 3 aliphatic rings. The molecule has 0 spiro atoms. The number of hydrogen-bond acceptors (Lipinski definition) is 0. The van der Waals surface area contributed by atoms with E-state index in [1.807, 2.05) is 0 Å². The molecule has 1 unspecified atom stereocenters. The summed E-state index contributed by atoms with van der Waals surface area (Å²) in [5.74, 6) is 0. The number of aryl methyl sites for hydroxylation is 2. The molecule has 0 saturated carbocycles. The van der Waals surface area contributed by atoms with E-state index in [0.717, 1.165) is 6.42 Å². The predicted molar refractivity (Wildman–Crippen MR) is 109 cm³/mol. The van der Waals surface area contributed by atoms with Gasteiger partial charge in [0, 0.05) is 36.7 Å².